The molecule has 1 fully saturated rings. The summed E-state index contributed by atoms with van der Waals surface area (Å²) in [6.45, 7) is 5.03. The number of benzene rings is 1. The third-order valence-corrected chi connectivity index (χ3v) is 6.48. The number of rotatable bonds is 4. The maximum Gasteiger partial charge on any atom is 0.167 e. The molecule has 0 bridgehead atoms. The van der Waals surface area contributed by atoms with Crippen molar-refractivity contribution in [2.75, 3.05) is 26.2 Å². The van der Waals surface area contributed by atoms with Crippen LogP contribution in [0.1, 0.15) is 46.7 Å². The number of piperidine rings is 1. The maximum atomic E-state index is 13.0. The summed E-state index contributed by atoms with van der Waals surface area (Å²) < 4.78 is 1.99. The molecular formula is C25H27N3O2. The van der Waals surface area contributed by atoms with Crippen molar-refractivity contribution in [3.05, 3.63) is 70.7 Å². The maximum absolute atomic E-state index is 13.0. The Hall–Kier alpha value is -2.76. The number of Topliss-reactive ketones (excluding diaryl/α,β-unsaturated/α-hetero) is 1. The van der Waals surface area contributed by atoms with Crippen LogP contribution in [-0.2, 0) is 11.2 Å². The van der Waals surface area contributed by atoms with E-state index >= 15 is 0 Å². The number of likely N-dealkylation sites (tertiary alicyclic amines) is 1. The second-order valence-electron chi connectivity index (χ2n) is 8.52. The number of allylic oxidation sites excluding steroid dienone is 1. The van der Waals surface area contributed by atoms with Crippen LogP contribution in [-0.4, -0.2) is 51.4 Å². The Morgan fingerprint density at radius 2 is 1.97 bits per heavy atom. The van der Waals surface area contributed by atoms with Gasteiger partial charge in [-0.2, -0.15) is 0 Å². The molecule has 1 saturated heterocycles. The zero-order chi connectivity index (χ0) is 20.7. The second kappa shape index (κ2) is 7.82. The van der Waals surface area contributed by atoms with Crippen molar-refractivity contribution < 1.29 is 9.90 Å². The topological polar surface area (TPSA) is 57.8 Å². The first-order valence-electron chi connectivity index (χ1n) is 10.8. The zero-order valence-corrected chi connectivity index (χ0v) is 17.3. The lowest BCUT2D eigenvalue weighted by Crippen LogP contribution is -2.35. The highest BCUT2D eigenvalue weighted by Gasteiger charge is 2.24. The van der Waals surface area contributed by atoms with Crippen molar-refractivity contribution >= 4 is 23.1 Å². The number of β-amino-alcohol motifs (C(OH)–C–C–N with tert-alkyl or cyclic N) is 1. The summed E-state index contributed by atoms with van der Waals surface area (Å²) in [5, 5.41) is 9.13. The molecular weight excluding hydrogens is 374 g/mol. The summed E-state index contributed by atoms with van der Waals surface area (Å²) in [7, 11) is 0. The summed E-state index contributed by atoms with van der Waals surface area (Å²) >= 11 is 0. The number of hydrogen-bond donors (Lipinski definition) is 1. The zero-order valence-electron chi connectivity index (χ0n) is 17.3. The van der Waals surface area contributed by atoms with Crippen LogP contribution in [0.2, 0.25) is 0 Å². The van der Waals surface area contributed by atoms with E-state index in [1.165, 1.54) is 5.56 Å². The predicted molar refractivity (Wildman–Crippen MR) is 118 cm³/mol. The number of nitrogens with zero attached hydrogens (tertiary/aromatic N) is 3. The van der Waals surface area contributed by atoms with E-state index in [-0.39, 0.29) is 12.4 Å². The number of aliphatic hydroxyl groups excluding tert-OH is 1. The standard InChI is InChI=1S/C25H27N3O2/c1-17-15-28-16-21(4-5-25(28)26-17)23-13-20-3-2-19(12-22(20)14-24(23)30)18-6-8-27(9-7-18)10-11-29/h2-5,12-13,15-16,18,29H,6-11,14H2,1H3. The predicted octanol–water partition coefficient (Wildman–Crippen LogP) is 3.48. The summed E-state index contributed by atoms with van der Waals surface area (Å²) in [6.07, 6.45) is 8.70. The average Bonchev–Trinajstić information content (AvgIpc) is 3.13. The van der Waals surface area contributed by atoms with Gasteiger partial charge in [0.15, 0.2) is 5.78 Å². The molecule has 0 radical (unpaired) electrons. The normalized spacial score (nSPS) is 17.9. The van der Waals surface area contributed by atoms with E-state index < -0.39 is 0 Å². The van der Waals surface area contributed by atoms with Crippen molar-refractivity contribution in [1.29, 1.82) is 0 Å². The van der Waals surface area contributed by atoms with E-state index in [1.54, 1.807) is 0 Å². The molecule has 0 amide bonds. The second-order valence-corrected chi connectivity index (χ2v) is 8.52. The lowest BCUT2D eigenvalue weighted by atomic mass is 9.83. The number of carbonyl (C=O) groups excluding carboxylic acids is 1. The highest BCUT2D eigenvalue weighted by molar-refractivity contribution is 6.27. The summed E-state index contributed by atoms with van der Waals surface area (Å²) in [5.74, 6) is 0.714. The minimum atomic E-state index is 0.175. The molecule has 0 spiro atoms. The lowest BCUT2D eigenvalue weighted by molar-refractivity contribution is -0.113. The third kappa shape index (κ3) is 3.59. The quantitative estimate of drug-likeness (QED) is 0.727. The highest BCUT2D eigenvalue weighted by Crippen LogP contribution is 2.33. The molecule has 5 rings (SSSR count). The molecule has 0 unspecified atom stereocenters. The van der Waals surface area contributed by atoms with Crippen LogP contribution in [0.4, 0.5) is 0 Å². The van der Waals surface area contributed by atoms with Gasteiger partial charge in [-0.3, -0.25) is 4.79 Å². The Morgan fingerprint density at radius 3 is 2.77 bits per heavy atom. The van der Waals surface area contributed by atoms with Crippen LogP contribution >= 0.6 is 0 Å². The molecule has 3 heterocycles. The largest absolute Gasteiger partial charge is 0.395 e. The van der Waals surface area contributed by atoms with Crippen LogP contribution in [0.25, 0.3) is 17.3 Å². The third-order valence-electron chi connectivity index (χ3n) is 6.48. The van der Waals surface area contributed by atoms with E-state index in [1.807, 2.05) is 41.9 Å². The molecule has 1 aliphatic heterocycles. The number of aromatic nitrogens is 2. The first-order valence-corrected chi connectivity index (χ1v) is 10.8. The van der Waals surface area contributed by atoms with E-state index in [0.29, 0.717) is 12.3 Å². The SMILES string of the molecule is Cc1cn2cc(C3=Cc4ccc(C5CCN(CCO)CC5)cc4CC3=O)ccc2n1. The molecule has 1 N–H and O–H groups in total. The molecule has 2 aromatic heterocycles. The van der Waals surface area contributed by atoms with Crippen molar-refractivity contribution in [2.24, 2.45) is 0 Å². The van der Waals surface area contributed by atoms with Gasteiger partial charge in [0.25, 0.3) is 0 Å². The fourth-order valence-corrected chi connectivity index (χ4v) is 4.83. The van der Waals surface area contributed by atoms with E-state index in [0.717, 1.165) is 66.1 Å². The van der Waals surface area contributed by atoms with Crippen molar-refractivity contribution in [2.45, 2.75) is 32.1 Å². The number of aryl methyl sites for hydroxylation is 1. The Bertz CT molecular complexity index is 1140. The minimum Gasteiger partial charge on any atom is -0.395 e. The number of hydrogen-bond acceptors (Lipinski definition) is 4. The van der Waals surface area contributed by atoms with Gasteiger partial charge in [0, 0.05) is 36.5 Å². The highest BCUT2D eigenvalue weighted by atomic mass is 16.3. The molecule has 0 atom stereocenters. The number of ketones is 1. The van der Waals surface area contributed by atoms with Gasteiger partial charge in [0.2, 0.25) is 0 Å². The summed E-state index contributed by atoms with van der Waals surface area (Å²) in [4.78, 5) is 19.8. The number of pyridine rings is 1. The first-order chi connectivity index (χ1) is 14.6. The van der Waals surface area contributed by atoms with E-state index in [4.69, 9.17) is 5.11 Å². The van der Waals surface area contributed by atoms with Gasteiger partial charge in [0.1, 0.15) is 5.65 Å². The Morgan fingerprint density at radius 1 is 1.13 bits per heavy atom. The van der Waals surface area contributed by atoms with E-state index in [9.17, 15) is 4.79 Å². The monoisotopic (exact) mass is 401 g/mol. The molecule has 1 aromatic carbocycles. The molecule has 0 saturated carbocycles. The van der Waals surface area contributed by atoms with Crippen LogP contribution in [0, 0.1) is 6.92 Å². The first kappa shape index (κ1) is 19.2. The van der Waals surface area contributed by atoms with Gasteiger partial charge >= 0.3 is 0 Å². The Kier molecular flexibility index (Phi) is 5.01. The molecule has 2 aliphatic rings. The molecule has 154 valence electrons. The van der Waals surface area contributed by atoms with Gasteiger partial charge in [-0.05, 0) is 73.7 Å². The van der Waals surface area contributed by atoms with Gasteiger partial charge in [-0.25, -0.2) is 4.98 Å². The smallest absolute Gasteiger partial charge is 0.167 e. The number of aliphatic hydroxyl groups is 1. The van der Waals surface area contributed by atoms with Gasteiger partial charge in [-0.1, -0.05) is 18.2 Å². The van der Waals surface area contributed by atoms with Crippen LogP contribution in [0.15, 0.2) is 42.7 Å². The van der Waals surface area contributed by atoms with Crippen LogP contribution < -0.4 is 0 Å². The number of imidazole rings is 1. The summed E-state index contributed by atoms with van der Waals surface area (Å²) in [6, 6.07) is 10.6. The van der Waals surface area contributed by atoms with Gasteiger partial charge < -0.3 is 14.4 Å². The number of carbonyl (C=O) groups is 1. The Balaban J connectivity index is 1.40. The minimum absolute atomic E-state index is 0.175. The van der Waals surface area contributed by atoms with E-state index in [2.05, 4.69) is 28.1 Å². The van der Waals surface area contributed by atoms with Crippen molar-refractivity contribution in [3.63, 3.8) is 0 Å². The molecule has 3 aromatic rings. The fraction of sp³-hybridized carbons (Fsp3) is 0.360. The molecule has 1 aliphatic carbocycles. The summed E-state index contributed by atoms with van der Waals surface area (Å²) in [5.41, 5.74) is 7.21. The average molecular weight is 402 g/mol. The Labute approximate surface area is 176 Å². The van der Waals surface area contributed by atoms with Crippen LogP contribution in [0.5, 0.6) is 0 Å². The van der Waals surface area contributed by atoms with Crippen molar-refractivity contribution in [3.8, 4) is 0 Å². The van der Waals surface area contributed by atoms with Crippen LogP contribution in [0.3, 0.4) is 0 Å². The van der Waals surface area contributed by atoms with Crippen molar-refractivity contribution in [1.82, 2.24) is 14.3 Å². The molecule has 5 heteroatoms. The molecule has 5 nitrogen and oxygen atoms in total. The fourth-order valence-electron chi connectivity index (χ4n) is 4.83. The van der Waals surface area contributed by atoms with Gasteiger partial charge in [-0.15, -0.1) is 0 Å². The lowest BCUT2D eigenvalue weighted by Gasteiger charge is -2.32. The van der Waals surface area contributed by atoms with Gasteiger partial charge in [0.05, 0.1) is 12.3 Å². The molecule has 30 heavy (non-hydrogen) atoms. The number of fused-ring (bicyclic) bond motifs is 2.